The first-order chi connectivity index (χ1) is 8.95. The van der Waals surface area contributed by atoms with E-state index in [1.54, 1.807) is 36.4 Å². The highest BCUT2D eigenvalue weighted by atomic mass is 32.2. The third kappa shape index (κ3) is 3.64. The van der Waals surface area contributed by atoms with Crippen LogP contribution in [0.15, 0.2) is 63.7 Å². The number of nitrogens with zero attached hydrogens (tertiary/aromatic N) is 2. The molecule has 2 aromatic carbocycles. The molecule has 0 aromatic heterocycles. The van der Waals surface area contributed by atoms with Gasteiger partial charge in [0.2, 0.25) is 0 Å². The molecule has 98 valence electrons. The van der Waals surface area contributed by atoms with Crippen LogP contribution in [0.2, 0.25) is 0 Å². The SMILES string of the molecule is C=S(=O)(O)c1ccc(N=Nc2ccc(N)cc2)cc1. The molecule has 0 fully saturated rings. The molecule has 2 aromatic rings. The molecule has 6 heteroatoms. The number of hydrogen-bond acceptors (Lipinski definition) is 4. The Hall–Kier alpha value is -2.18. The second kappa shape index (κ2) is 5.21. The van der Waals surface area contributed by atoms with Gasteiger partial charge < -0.3 is 10.3 Å². The number of nitrogen functional groups attached to an aromatic ring is 1. The number of azo groups is 1. The zero-order valence-corrected chi connectivity index (χ0v) is 10.9. The van der Waals surface area contributed by atoms with Gasteiger partial charge >= 0.3 is 0 Å². The molecule has 1 unspecified atom stereocenters. The summed E-state index contributed by atoms with van der Waals surface area (Å²) in [7, 11) is -3.18. The van der Waals surface area contributed by atoms with E-state index >= 15 is 0 Å². The second-order valence-electron chi connectivity index (χ2n) is 3.93. The van der Waals surface area contributed by atoms with E-state index in [4.69, 9.17) is 5.73 Å². The molecule has 0 saturated carbocycles. The van der Waals surface area contributed by atoms with E-state index in [-0.39, 0.29) is 4.90 Å². The Morgan fingerprint density at radius 1 is 0.947 bits per heavy atom. The summed E-state index contributed by atoms with van der Waals surface area (Å²) in [5.41, 5.74) is 7.49. The smallest absolute Gasteiger partial charge is 0.104 e. The summed E-state index contributed by atoms with van der Waals surface area (Å²) in [6.07, 6.45) is 0. The second-order valence-corrected chi connectivity index (χ2v) is 5.68. The number of rotatable bonds is 3. The van der Waals surface area contributed by atoms with Gasteiger partial charge in [0.25, 0.3) is 0 Å². The zero-order valence-electron chi connectivity index (χ0n) is 10.1. The summed E-state index contributed by atoms with van der Waals surface area (Å²) < 4.78 is 20.6. The predicted molar refractivity (Wildman–Crippen MR) is 77.6 cm³/mol. The van der Waals surface area contributed by atoms with Gasteiger partial charge in [-0.1, -0.05) is 0 Å². The third-order valence-electron chi connectivity index (χ3n) is 2.38. The summed E-state index contributed by atoms with van der Waals surface area (Å²) in [5, 5.41) is 8.05. The van der Waals surface area contributed by atoms with Crippen LogP contribution in [0.5, 0.6) is 0 Å². The lowest BCUT2D eigenvalue weighted by atomic mass is 10.3. The summed E-state index contributed by atoms with van der Waals surface area (Å²) >= 11 is 0. The maximum Gasteiger partial charge on any atom is 0.104 e. The minimum atomic E-state index is -3.18. The van der Waals surface area contributed by atoms with Gasteiger partial charge in [0, 0.05) is 5.69 Å². The molecule has 0 radical (unpaired) electrons. The molecular formula is C13H13N3O2S. The van der Waals surface area contributed by atoms with Gasteiger partial charge in [0.05, 0.1) is 16.3 Å². The first-order valence-corrected chi connectivity index (χ1v) is 7.10. The first-order valence-electron chi connectivity index (χ1n) is 5.42. The standard InChI is InChI=1S/C13H13N3O2S/c1-19(17,18)13-8-6-12(7-9-13)16-15-11-4-2-10(14)3-5-11/h2-9H,1,14H2,(H,17,18). The zero-order chi connectivity index (χ0) is 13.9. The number of hydrogen-bond donors (Lipinski definition) is 2. The molecule has 0 spiro atoms. The first kappa shape index (κ1) is 13.3. The Morgan fingerprint density at radius 2 is 1.37 bits per heavy atom. The fourth-order valence-electron chi connectivity index (χ4n) is 1.38. The van der Waals surface area contributed by atoms with Crippen molar-refractivity contribution < 1.29 is 8.76 Å². The molecule has 0 bridgehead atoms. The van der Waals surface area contributed by atoms with Crippen LogP contribution in [-0.4, -0.2) is 14.6 Å². The normalized spacial score (nSPS) is 14.4. The van der Waals surface area contributed by atoms with Crippen molar-refractivity contribution in [2.75, 3.05) is 5.73 Å². The van der Waals surface area contributed by atoms with E-state index in [2.05, 4.69) is 16.1 Å². The number of benzene rings is 2. The molecule has 3 N–H and O–H groups in total. The van der Waals surface area contributed by atoms with Crippen molar-refractivity contribution >= 4 is 32.7 Å². The molecule has 0 amide bonds. The maximum absolute atomic E-state index is 11.3. The van der Waals surface area contributed by atoms with Gasteiger partial charge in [-0.15, -0.1) is 0 Å². The Balaban J connectivity index is 2.18. The van der Waals surface area contributed by atoms with E-state index < -0.39 is 9.80 Å². The molecular weight excluding hydrogens is 262 g/mol. The van der Waals surface area contributed by atoms with Gasteiger partial charge in [-0.05, 0) is 54.4 Å². The van der Waals surface area contributed by atoms with E-state index in [9.17, 15) is 8.76 Å². The fourth-order valence-corrected chi connectivity index (χ4v) is 1.94. The molecule has 0 saturated heterocycles. The van der Waals surface area contributed by atoms with Crippen molar-refractivity contribution in [2.45, 2.75) is 4.90 Å². The van der Waals surface area contributed by atoms with Crippen LogP contribution in [0.1, 0.15) is 0 Å². The fraction of sp³-hybridized carbons (Fsp3) is 0. The highest BCUT2D eigenvalue weighted by molar-refractivity contribution is 7.95. The van der Waals surface area contributed by atoms with E-state index in [1.807, 2.05) is 0 Å². The lowest BCUT2D eigenvalue weighted by Crippen LogP contribution is -1.96. The average molecular weight is 275 g/mol. The molecule has 5 nitrogen and oxygen atoms in total. The van der Waals surface area contributed by atoms with Crippen molar-refractivity contribution in [1.82, 2.24) is 0 Å². The van der Waals surface area contributed by atoms with Gasteiger partial charge in [-0.25, -0.2) is 4.21 Å². The van der Waals surface area contributed by atoms with Crippen molar-refractivity contribution in [2.24, 2.45) is 10.2 Å². The summed E-state index contributed by atoms with van der Waals surface area (Å²) in [6, 6.07) is 13.2. The molecule has 2 rings (SSSR count). The summed E-state index contributed by atoms with van der Waals surface area (Å²) in [6.45, 7) is 0. The van der Waals surface area contributed by atoms with Crippen LogP contribution >= 0.6 is 0 Å². The van der Waals surface area contributed by atoms with E-state index in [0.29, 0.717) is 17.1 Å². The van der Waals surface area contributed by atoms with Crippen molar-refractivity contribution in [3.05, 3.63) is 48.5 Å². The minimum absolute atomic E-state index is 0.263. The predicted octanol–water partition coefficient (Wildman–Crippen LogP) is 3.23. The van der Waals surface area contributed by atoms with E-state index in [0.717, 1.165) is 0 Å². The van der Waals surface area contributed by atoms with Crippen LogP contribution < -0.4 is 5.73 Å². The minimum Gasteiger partial charge on any atom is -0.399 e. The number of anilines is 1. The van der Waals surface area contributed by atoms with E-state index in [1.165, 1.54) is 12.1 Å². The molecule has 0 aliphatic rings. The van der Waals surface area contributed by atoms with Crippen LogP contribution in [-0.2, 0) is 9.80 Å². The molecule has 19 heavy (non-hydrogen) atoms. The summed E-state index contributed by atoms with van der Waals surface area (Å²) in [5.74, 6) is 3.19. The Kier molecular flexibility index (Phi) is 3.64. The molecule has 0 aliphatic carbocycles. The van der Waals surface area contributed by atoms with Crippen LogP contribution in [0.3, 0.4) is 0 Å². The van der Waals surface area contributed by atoms with Crippen LogP contribution in [0.25, 0.3) is 0 Å². The van der Waals surface area contributed by atoms with Gasteiger partial charge in [-0.3, -0.25) is 0 Å². The number of nitrogens with two attached hydrogens (primary N) is 1. The van der Waals surface area contributed by atoms with Crippen LogP contribution in [0, 0.1) is 0 Å². The Bertz CT molecular complexity index is 690. The topological polar surface area (TPSA) is 88.0 Å². The molecule has 0 aliphatic heterocycles. The van der Waals surface area contributed by atoms with Gasteiger partial charge in [0.15, 0.2) is 0 Å². The monoisotopic (exact) mass is 275 g/mol. The third-order valence-corrected chi connectivity index (χ3v) is 3.39. The molecule has 0 heterocycles. The van der Waals surface area contributed by atoms with Crippen LogP contribution in [0.4, 0.5) is 17.1 Å². The lowest BCUT2D eigenvalue weighted by Gasteiger charge is -2.00. The highest BCUT2D eigenvalue weighted by Gasteiger charge is 2.01. The summed E-state index contributed by atoms with van der Waals surface area (Å²) in [4.78, 5) is 0.263. The van der Waals surface area contributed by atoms with Gasteiger partial charge in [-0.2, -0.15) is 10.2 Å². The van der Waals surface area contributed by atoms with Crippen molar-refractivity contribution in [3.8, 4) is 0 Å². The largest absolute Gasteiger partial charge is 0.399 e. The maximum atomic E-state index is 11.3. The average Bonchev–Trinajstić information content (AvgIpc) is 2.37. The van der Waals surface area contributed by atoms with Crippen molar-refractivity contribution in [3.63, 3.8) is 0 Å². The highest BCUT2D eigenvalue weighted by Crippen LogP contribution is 2.20. The van der Waals surface area contributed by atoms with Crippen molar-refractivity contribution in [1.29, 1.82) is 0 Å². The Labute approximate surface area is 111 Å². The lowest BCUT2D eigenvalue weighted by molar-refractivity contribution is 0.560. The molecule has 1 atom stereocenters. The van der Waals surface area contributed by atoms with Gasteiger partial charge in [0.1, 0.15) is 9.80 Å². The Morgan fingerprint density at radius 3 is 1.79 bits per heavy atom. The quantitative estimate of drug-likeness (QED) is 0.512.